The second-order valence-corrected chi connectivity index (χ2v) is 6.20. The molecule has 5 nitrogen and oxygen atoms in total. The molecule has 1 aromatic carbocycles. The summed E-state index contributed by atoms with van der Waals surface area (Å²) in [6, 6.07) is 8.00. The number of carbonyl (C=O) groups is 1. The molecule has 0 aliphatic rings. The van der Waals surface area contributed by atoms with Crippen molar-refractivity contribution in [2.24, 2.45) is 7.05 Å². The number of carbonyl (C=O) groups excluding carboxylic acids is 1. The van der Waals surface area contributed by atoms with Gasteiger partial charge in [0.15, 0.2) is 0 Å². The zero-order valence-corrected chi connectivity index (χ0v) is 15.0. The predicted octanol–water partition coefficient (Wildman–Crippen LogP) is 3.77. The van der Waals surface area contributed by atoms with Crippen molar-refractivity contribution in [1.82, 2.24) is 14.8 Å². The largest absolute Gasteiger partial charge is 0.308 e. The zero-order valence-electron chi connectivity index (χ0n) is 15.0. The van der Waals surface area contributed by atoms with Crippen LogP contribution in [-0.2, 0) is 7.05 Å². The number of benzene rings is 1. The fraction of sp³-hybridized carbons (Fsp3) is 0.250. The Balaban J connectivity index is 1.96. The molecular formula is C20H22N4O. The first-order valence-corrected chi connectivity index (χ1v) is 8.32. The Morgan fingerprint density at radius 2 is 1.92 bits per heavy atom. The Kier molecular flexibility index (Phi) is 4.65. The molecule has 0 radical (unpaired) electrons. The van der Waals surface area contributed by atoms with Gasteiger partial charge in [0.05, 0.1) is 11.8 Å². The van der Waals surface area contributed by atoms with Crippen LogP contribution in [0.1, 0.15) is 28.4 Å². The molecule has 3 rings (SSSR count). The van der Waals surface area contributed by atoms with Crippen LogP contribution in [0.3, 0.4) is 0 Å². The third-order valence-corrected chi connectivity index (χ3v) is 4.23. The number of hydrogen-bond acceptors (Lipinski definition) is 3. The van der Waals surface area contributed by atoms with E-state index in [2.05, 4.69) is 23.1 Å². The average Bonchev–Trinajstić information content (AvgIpc) is 3.04. The van der Waals surface area contributed by atoms with Crippen molar-refractivity contribution in [1.29, 1.82) is 0 Å². The monoisotopic (exact) mass is 334 g/mol. The maximum atomic E-state index is 13.1. The van der Waals surface area contributed by atoms with Gasteiger partial charge in [-0.05, 0) is 38.5 Å². The third kappa shape index (κ3) is 3.45. The van der Waals surface area contributed by atoms with Crippen LogP contribution in [0.25, 0.3) is 11.1 Å². The number of hydrogen-bond donors (Lipinski definition) is 0. The lowest BCUT2D eigenvalue weighted by Gasteiger charge is -2.23. The predicted molar refractivity (Wildman–Crippen MR) is 99.7 cm³/mol. The second kappa shape index (κ2) is 6.89. The van der Waals surface area contributed by atoms with Gasteiger partial charge in [-0.15, -0.1) is 0 Å². The van der Waals surface area contributed by atoms with E-state index in [0.29, 0.717) is 12.1 Å². The average molecular weight is 334 g/mol. The van der Waals surface area contributed by atoms with Crippen LogP contribution < -0.4 is 4.90 Å². The van der Waals surface area contributed by atoms with Crippen LogP contribution in [0.2, 0.25) is 0 Å². The van der Waals surface area contributed by atoms with Gasteiger partial charge in [-0.2, -0.15) is 5.10 Å². The van der Waals surface area contributed by atoms with Crippen molar-refractivity contribution in [3.8, 4) is 11.1 Å². The minimum atomic E-state index is -0.0484. The quantitative estimate of drug-likeness (QED) is 0.730. The molecule has 128 valence electrons. The minimum Gasteiger partial charge on any atom is -0.308 e. The van der Waals surface area contributed by atoms with Gasteiger partial charge in [-0.3, -0.25) is 14.5 Å². The lowest BCUT2D eigenvalue weighted by molar-refractivity contribution is 0.0988. The van der Waals surface area contributed by atoms with E-state index in [-0.39, 0.29) is 5.91 Å². The Hall–Kier alpha value is -2.95. The molecule has 0 bridgehead atoms. The van der Waals surface area contributed by atoms with E-state index in [4.69, 9.17) is 0 Å². The van der Waals surface area contributed by atoms with E-state index in [1.165, 1.54) is 5.56 Å². The van der Waals surface area contributed by atoms with E-state index in [9.17, 15) is 4.79 Å². The Morgan fingerprint density at radius 3 is 2.56 bits per heavy atom. The Bertz CT molecular complexity index is 914. The highest BCUT2D eigenvalue weighted by Crippen LogP contribution is 2.24. The molecule has 5 heteroatoms. The topological polar surface area (TPSA) is 51.0 Å². The normalized spacial score (nSPS) is 10.7. The molecule has 0 N–H and O–H groups in total. The summed E-state index contributed by atoms with van der Waals surface area (Å²) in [5.41, 5.74) is 5.61. The number of pyridine rings is 1. The summed E-state index contributed by atoms with van der Waals surface area (Å²) < 4.78 is 1.73. The van der Waals surface area contributed by atoms with Gasteiger partial charge in [0.2, 0.25) is 0 Å². The van der Waals surface area contributed by atoms with Crippen molar-refractivity contribution in [2.75, 3.05) is 11.4 Å². The summed E-state index contributed by atoms with van der Waals surface area (Å²) >= 11 is 0. The molecule has 0 saturated heterocycles. The standard InChI is InChI=1S/C20H22N4O/c1-5-24(19-7-6-14(2)8-15(19)3)20(25)17-9-16(10-21-11-17)18-12-22-23(4)13-18/h6-13H,5H2,1-4H3. The van der Waals surface area contributed by atoms with Crippen molar-refractivity contribution in [3.63, 3.8) is 0 Å². The molecule has 0 aliphatic heterocycles. The fourth-order valence-corrected chi connectivity index (χ4v) is 2.97. The minimum absolute atomic E-state index is 0.0484. The number of anilines is 1. The van der Waals surface area contributed by atoms with Crippen molar-refractivity contribution >= 4 is 11.6 Å². The molecule has 0 saturated carbocycles. The van der Waals surface area contributed by atoms with Crippen molar-refractivity contribution < 1.29 is 4.79 Å². The number of aromatic nitrogens is 3. The Labute approximate surface area is 147 Å². The number of aryl methyl sites for hydroxylation is 3. The van der Waals surface area contributed by atoms with E-state index < -0.39 is 0 Å². The smallest absolute Gasteiger partial charge is 0.259 e. The molecule has 0 aliphatic carbocycles. The van der Waals surface area contributed by atoms with E-state index in [1.807, 2.05) is 45.3 Å². The maximum Gasteiger partial charge on any atom is 0.259 e. The summed E-state index contributed by atoms with van der Waals surface area (Å²) in [6.45, 7) is 6.66. The molecule has 2 aromatic heterocycles. The van der Waals surface area contributed by atoms with Crippen LogP contribution >= 0.6 is 0 Å². The first kappa shape index (κ1) is 16.9. The number of rotatable bonds is 4. The summed E-state index contributed by atoms with van der Waals surface area (Å²) in [5, 5.41) is 4.18. The summed E-state index contributed by atoms with van der Waals surface area (Å²) in [4.78, 5) is 19.1. The maximum absolute atomic E-state index is 13.1. The van der Waals surface area contributed by atoms with Crippen LogP contribution in [0.5, 0.6) is 0 Å². The van der Waals surface area contributed by atoms with Gasteiger partial charge in [0, 0.05) is 49.0 Å². The molecule has 2 heterocycles. The van der Waals surface area contributed by atoms with Gasteiger partial charge in [0.25, 0.3) is 5.91 Å². The highest BCUT2D eigenvalue weighted by atomic mass is 16.2. The molecule has 0 atom stereocenters. The summed E-state index contributed by atoms with van der Waals surface area (Å²) in [7, 11) is 1.87. The fourth-order valence-electron chi connectivity index (χ4n) is 2.97. The van der Waals surface area contributed by atoms with Crippen LogP contribution in [0.15, 0.2) is 49.1 Å². The van der Waals surface area contributed by atoms with Gasteiger partial charge in [0.1, 0.15) is 0 Å². The second-order valence-electron chi connectivity index (χ2n) is 6.20. The van der Waals surface area contributed by atoms with E-state index in [1.54, 1.807) is 28.2 Å². The molecule has 0 unspecified atom stereocenters. The number of amides is 1. The van der Waals surface area contributed by atoms with Crippen molar-refractivity contribution in [2.45, 2.75) is 20.8 Å². The summed E-state index contributed by atoms with van der Waals surface area (Å²) in [5.74, 6) is -0.0484. The SMILES string of the molecule is CCN(C(=O)c1cncc(-c2cnn(C)c2)c1)c1ccc(C)cc1C. The highest BCUT2D eigenvalue weighted by molar-refractivity contribution is 6.06. The summed E-state index contributed by atoms with van der Waals surface area (Å²) in [6.07, 6.45) is 7.05. The van der Waals surface area contributed by atoms with Gasteiger partial charge >= 0.3 is 0 Å². The molecule has 1 amide bonds. The van der Waals surface area contributed by atoms with Crippen LogP contribution in [-0.4, -0.2) is 27.2 Å². The molecular weight excluding hydrogens is 312 g/mol. The first-order chi connectivity index (χ1) is 12.0. The molecule has 25 heavy (non-hydrogen) atoms. The van der Waals surface area contributed by atoms with Gasteiger partial charge in [-0.25, -0.2) is 0 Å². The van der Waals surface area contributed by atoms with Crippen LogP contribution in [0.4, 0.5) is 5.69 Å². The number of nitrogens with zero attached hydrogens (tertiary/aromatic N) is 4. The van der Waals surface area contributed by atoms with Gasteiger partial charge in [-0.1, -0.05) is 17.7 Å². The highest BCUT2D eigenvalue weighted by Gasteiger charge is 2.19. The van der Waals surface area contributed by atoms with E-state index in [0.717, 1.165) is 22.4 Å². The van der Waals surface area contributed by atoms with Crippen LogP contribution in [0, 0.1) is 13.8 Å². The third-order valence-electron chi connectivity index (χ3n) is 4.23. The zero-order chi connectivity index (χ0) is 18.0. The lowest BCUT2D eigenvalue weighted by Crippen LogP contribution is -2.31. The molecule has 0 fully saturated rings. The molecule has 3 aromatic rings. The van der Waals surface area contributed by atoms with Crippen molar-refractivity contribution in [3.05, 3.63) is 65.7 Å². The van der Waals surface area contributed by atoms with Gasteiger partial charge < -0.3 is 4.90 Å². The lowest BCUT2D eigenvalue weighted by atomic mass is 10.1. The van der Waals surface area contributed by atoms with E-state index >= 15 is 0 Å². The Morgan fingerprint density at radius 1 is 1.12 bits per heavy atom. The molecule has 0 spiro atoms. The first-order valence-electron chi connectivity index (χ1n) is 8.32.